The second-order valence-corrected chi connectivity index (χ2v) is 4.86. The van der Waals surface area contributed by atoms with Gasteiger partial charge in [0.2, 0.25) is 0 Å². The number of phenolic OH excluding ortho intramolecular Hbond substituents is 1. The van der Waals surface area contributed by atoms with Crippen molar-refractivity contribution in [1.82, 2.24) is 0 Å². The van der Waals surface area contributed by atoms with Crippen LogP contribution in [0.5, 0.6) is 11.5 Å². The van der Waals surface area contributed by atoms with Crippen LogP contribution in [-0.4, -0.2) is 18.2 Å². The van der Waals surface area contributed by atoms with E-state index in [0.717, 1.165) is 5.56 Å². The molecule has 0 spiro atoms. The van der Waals surface area contributed by atoms with E-state index in [1.807, 2.05) is 0 Å². The van der Waals surface area contributed by atoms with Crippen LogP contribution in [0.4, 0.5) is 16.2 Å². The smallest absolute Gasteiger partial charge is 0.323 e. The van der Waals surface area contributed by atoms with Crippen LogP contribution >= 0.6 is 11.6 Å². The van der Waals surface area contributed by atoms with Crippen molar-refractivity contribution in [3.8, 4) is 11.5 Å². The van der Waals surface area contributed by atoms with Crippen molar-refractivity contribution in [2.45, 2.75) is 6.92 Å². The molecular formula is C15H15ClN2O3. The van der Waals surface area contributed by atoms with E-state index in [9.17, 15) is 9.90 Å². The summed E-state index contributed by atoms with van der Waals surface area (Å²) in [6.45, 7) is 1.79. The number of carbonyl (C=O) groups excluding carboxylic acids is 1. The number of carbonyl (C=O) groups is 1. The van der Waals surface area contributed by atoms with Crippen molar-refractivity contribution in [3.05, 3.63) is 47.0 Å². The number of benzene rings is 2. The van der Waals surface area contributed by atoms with Crippen molar-refractivity contribution in [1.29, 1.82) is 0 Å². The number of phenols is 1. The van der Waals surface area contributed by atoms with E-state index in [1.165, 1.54) is 13.2 Å². The maximum Gasteiger partial charge on any atom is 0.323 e. The molecule has 3 N–H and O–H groups in total. The average Bonchev–Trinajstić information content (AvgIpc) is 2.42. The number of hydrogen-bond donors (Lipinski definition) is 3. The first-order valence-corrected chi connectivity index (χ1v) is 6.58. The normalized spacial score (nSPS) is 10.0. The number of halogens is 1. The van der Waals surface area contributed by atoms with Gasteiger partial charge in [-0.05, 0) is 48.9 Å². The van der Waals surface area contributed by atoms with Crippen LogP contribution in [-0.2, 0) is 0 Å². The molecule has 0 unspecified atom stereocenters. The zero-order valence-electron chi connectivity index (χ0n) is 11.6. The summed E-state index contributed by atoms with van der Waals surface area (Å²) in [5, 5.41) is 15.2. The van der Waals surface area contributed by atoms with Crippen molar-refractivity contribution < 1.29 is 14.6 Å². The van der Waals surface area contributed by atoms with Gasteiger partial charge in [-0.3, -0.25) is 0 Å². The lowest BCUT2D eigenvalue weighted by Gasteiger charge is -2.12. The first-order valence-electron chi connectivity index (χ1n) is 6.21. The summed E-state index contributed by atoms with van der Waals surface area (Å²) in [6, 6.07) is 9.21. The zero-order chi connectivity index (χ0) is 15.4. The molecule has 0 heterocycles. The Morgan fingerprint density at radius 3 is 2.52 bits per heavy atom. The summed E-state index contributed by atoms with van der Waals surface area (Å²) in [5.41, 5.74) is 1.83. The Bertz CT molecular complexity index is 674. The Kier molecular flexibility index (Phi) is 4.55. The van der Waals surface area contributed by atoms with E-state index >= 15 is 0 Å². The molecule has 0 radical (unpaired) electrons. The molecule has 0 aliphatic carbocycles. The molecule has 2 amide bonds. The van der Waals surface area contributed by atoms with Gasteiger partial charge in [-0.2, -0.15) is 0 Å². The molecule has 2 rings (SSSR count). The number of urea groups is 1. The Hall–Kier alpha value is -2.40. The van der Waals surface area contributed by atoms with Gasteiger partial charge in [0.05, 0.1) is 12.8 Å². The Labute approximate surface area is 127 Å². The third-order valence-corrected chi connectivity index (χ3v) is 3.10. The Morgan fingerprint density at radius 2 is 1.86 bits per heavy atom. The largest absolute Gasteiger partial charge is 0.508 e. The lowest BCUT2D eigenvalue weighted by molar-refractivity contribution is 0.262. The minimum Gasteiger partial charge on any atom is -0.508 e. The topological polar surface area (TPSA) is 70.6 Å². The van der Waals surface area contributed by atoms with Gasteiger partial charge in [-0.1, -0.05) is 11.6 Å². The first kappa shape index (κ1) is 15.0. The van der Waals surface area contributed by atoms with Crippen LogP contribution in [0.1, 0.15) is 5.56 Å². The fourth-order valence-electron chi connectivity index (χ4n) is 1.84. The van der Waals surface area contributed by atoms with Gasteiger partial charge in [0.1, 0.15) is 11.5 Å². The quantitative estimate of drug-likeness (QED) is 0.750. The fourth-order valence-corrected chi connectivity index (χ4v) is 2.01. The van der Waals surface area contributed by atoms with Crippen molar-refractivity contribution in [2.24, 2.45) is 0 Å². The van der Waals surface area contributed by atoms with Crippen LogP contribution in [0.2, 0.25) is 5.02 Å². The molecule has 6 heteroatoms. The Morgan fingerprint density at radius 1 is 1.14 bits per heavy atom. The van der Waals surface area contributed by atoms with E-state index in [0.29, 0.717) is 22.1 Å². The highest BCUT2D eigenvalue weighted by Gasteiger charge is 2.09. The third-order valence-electron chi connectivity index (χ3n) is 2.87. The fraction of sp³-hybridized carbons (Fsp3) is 0.133. The van der Waals surface area contributed by atoms with Gasteiger partial charge >= 0.3 is 6.03 Å². The molecule has 0 fully saturated rings. The van der Waals surface area contributed by atoms with Gasteiger partial charge in [-0.25, -0.2) is 4.79 Å². The summed E-state index contributed by atoms with van der Waals surface area (Å²) < 4.78 is 5.16. The highest BCUT2D eigenvalue weighted by atomic mass is 35.5. The minimum absolute atomic E-state index is 0.148. The maximum absolute atomic E-state index is 12.0. The van der Waals surface area contributed by atoms with Gasteiger partial charge in [-0.15, -0.1) is 0 Å². The summed E-state index contributed by atoms with van der Waals surface area (Å²) >= 11 is 5.91. The van der Waals surface area contributed by atoms with Crippen molar-refractivity contribution in [2.75, 3.05) is 17.7 Å². The second-order valence-electron chi connectivity index (χ2n) is 4.42. The molecule has 0 saturated carbocycles. The summed E-state index contributed by atoms with van der Waals surface area (Å²) in [5.74, 6) is 0.659. The summed E-state index contributed by atoms with van der Waals surface area (Å²) in [6.07, 6.45) is 0. The summed E-state index contributed by atoms with van der Waals surface area (Å²) in [7, 11) is 1.51. The number of methoxy groups -OCH3 is 1. The Balaban J connectivity index is 2.13. The number of aryl methyl sites for hydroxylation is 1. The zero-order valence-corrected chi connectivity index (χ0v) is 12.4. The molecule has 0 bridgehead atoms. The van der Waals surface area contributed by atoms with Gasteiger partial charge < -0.3 is 20.5 Å². The highest BCUT2D eigenvalue weighted by Crippen LogP contribution is 2.28. The SMILES string of the molecule is COc1ccc(Cl)cc1NC(=O)Nc1ccc(O)cc1C. The molecule has 2 aromatic carbocycles. The number of anilines is 2. The van der Waals surface area contributed by atoms with E-state index in [2.05, 4.69) is 10.6 Å². The number of rotatable bonds is 3. The molecule has 0 aromatic heterocycles. The molecule has 21 heavy (non-hydrogen) atoms. The maximum atomic E-state index is 12.0. The van der Waals surface area contributed by atoms with Crippen molar-refractivity contribution in [3.63, 3.8) is 0 Å². The number of hydrogen-bond acceptors (Lipinski definition) is 3. The van der Waals surface area contributed by atoms with Crippen LogP contribution in [0, 0.1) is 6.92 Å². The average molecular weight is 307 g/mol. The van der Waals surface area contributed by atoms with Crippen LogP contribution < -0.4 is 15.4 Å². The lowest BCUT2D eigenvalue weighted by Crippen LogP contribution is -2.20. The molecule has 5 nitrogen and oxygen atoms in total. The number of aromatic hydroxyl groups is 1. The molecule has 0 saturated heterocycles. The van der Waals surface area contributed by atoms with E-state index < -0.39 is 6.03 Å². The predicted molar refractivity (Wildman–Crippen MR) is 83.5 cm³/mol. The van der Waals surface area contributed by atoms with Crippen LogP contribution in [0.25, 0.3) is 0 Å². The molecular weight excluding hydrogens is 292 g/mol. The van der Waals surface area contributed by atoms with E-state index in [4.69, 9.17) is 16.3 Å². The van der Waals surface area contributed by atoms with Crippen molar-refractivity contribution >= 4 is 29.0 Å². The summed E-state index contributed by atoms with van der Waals surface area (Å²) in [4.78, 5) is 12.0. The molecule has 0 atom stereocenters. The predicted octanol–water partition coefficient (Wildman–Crippen LogP) is 4.01. The highest BCUT2D eigenvalue weighted by molar-refractivity contribution is 6.31. The molecule has 110 valence electrons. The first-order chi connectivity index (χ1) is 9.99. The minimum atomic E-state index is -0.427. The number of ether oxygens (including phenoxy) is 1. The lowest BCUT2D eigenvalue weighted by atomic mass is 10.2. The standard InChI is InChI=1S/C15H15ClN2O3/c1-9-7-11(19)4-5-12(9)17-15(20)18-13-8-10(16)3-6-14(13)21-2/h3-8,19H,1-2H3,(H2,17,18,20). The number of nitrogens with one attached hydrogen (secondary N) is 2. The van der Waals surface area contributed by atoms with Crippen LogP contribution in [0.15, 0.2) is 36.4 Å². The number of amides is 2. The second kappa shape index (κ2) is 6.37. The van der Waals surface area contributed by atoms with Gasteiger partial charge in [0, 0.05) is 10.7 Å². The molecule has 0 aliphatic rings. The monoisotopic (exact) mass is 306 g/mol. The van der Waals surface area contributed by atoms with E-state index in [1.54, 1.807) is 37.3 Å². The molecule has 0 aliphatic heterocycles. The third kappa shape index (κ3) is 3.79. The molecule has 2 aromatic rings. The van der Waals surface area contributed by atoms with Crippen LogP contribution in [0.3, 0.4) is 0 Å². The van der Waals surface area contributed by atoms with Gasteiger partial charge in [0.25, 0.3) is 0 Å². The van der Waals surface area contributed by atoms with E-state index in [-0.39, 0.29) is 5.75 Å². The van der Waals surface area contributed by atoms with Gasteiger partial charge in [0.15, 0.2) is 0 Å².